The van der Waals surface area contributed by atoms with Crippen LogP contribution >= 0.6 is 11.6 Å². The molecule has 1 aromatic rings. The molecule has 1 fully saturated rings. The van der Waals surface area contributed by atoms with E-state index in [0.717, 1.165) is 37.8 Å². The average Bonchev–Trinajstić information content (AvgIpc) is 2.56. The maximum Gasteiger partial charge on any atom is 0.129 e. The van der Waals surface area contributed by atoms with Crippen LogP contribution in [0.4, 0.5) is 4.39 Å². The Morgan fingerprint density at radius 2 is 2.17 bits per heavy atom. The molecule has 0 spiro atoms. The van der Waals surface area contributed by atoms with E-state index in [4.69, 9.17) is 11.6 Å². The molecule has 1 N–H and O–H groups in total. The van der Waals surface area contributed by atoms with Crippen LogP contribution in [0.25, 0.3) is 0 Å². The first-order valence-corrected chi connectivity index (χ1v) is 7.26. The average molecular weight is 270 g/mol. The first kappa shape index (κ1) is 13.8. The molecule has 100 valence electrons. The lowest BCUT2D eigenvalue weighted by Gasteiger charge is -2.34. The Hall–Kier alpha value is -0.600. The van der Waals surface area contributed by atoms with Crippen LogP contribution in [0, 0.1) is 5.82 Å². The van der Waals surface area contributed by atoms with Crippen molar-refractivity contribution in [2.75, 3.05) is 6.54 Å². The SMILES string of the molecule is CCCC1(c2ccc(Cl)cc2F)CCCCCN1. The second-order valence-electron chi connectivity index (χ2n) is 5.19. The molecule has 1 atom stereocenters. The molecule has 0 aromatic heterocycles. The highest BCUT2D eigenvalue weighted by atomic mass is 35.5. The summed E-state index contributed by atoms with van der Waals surface area (Å²) >= 11 is 5.85. The van der Waals surface area contributed by atoms with Crippen LogP contribution in [0.1, 0.15) is 51.0 Å². The molecule has 1 aliphatic rings. The van der Waals surface area contributed by atoms with Gasteiger partial charge < -0.3 is 5.32 Å². The molecule has 1 unspecified atom stereocenters. The van der Waals surface area contributed by atoms with Gasteiger partial charge >= 0.3 is 0 Å². The van der Waals surface area contributed by atoms with Crippen molar-refractivity contribution in [2.24, 2.45) is 0 Å². The zero-order chi connectivity index (χ0) is 13.0. The smallest absolute Gasteiger partial charge is 0.129 e. The van der Waals surface area contributed by atoms with Gasteiger partial charge in [-0.15, -0.1) is 0 Å². The Labute approximate surface area is 114 Å². The molecular weight excluding hydrogens is 249 g/mol. The molecule has 1 nitrogen and oxygen atoms in total. The highest BCUT2D eigenvalue weighted by Gasteiger charge is 2.33. The maximum atomic E-state index is 14.2. The molecule has 1 saturated heterocycles. The minimum absolute atomic E-state index is 0.176. The highest BCUT2D eigenvalue weighted by Crippen LogP contribution is 2.36. The minimum Gasteiger partial charge on any atom is -0.307 e. The van der Waals surface area contributed by atoms with Crippen LogP contribution in [-0.4, -0.2) is 6.54 Å². The fraction of sp³-hybridized carbons (Fsp3) is 0.600. The van der Waals surface area contributed by atoms with E-state index in [1.165, 1.54) is 18.9 Å². The second kappa shape index (κ2) is 6.03. The first-order valence-electron chi connectivity index (χ1n) is 6.88. The first-order chi connectivity index (χ1) is 8.68. The summed E-state index contributed by atoms with van der Waals surface area (Å²) in [5, 5.41) is 4.06. The van der Waals surface area contributed by atoms with Gasteiger partial charge in [0.2, 0.25) is 0 Å². The van der Waals surface area contributed by atoms with E-state index in [0.29, 0.717) is 5.02 Å². The number of hydrogen-bond acceptors (Lipinski definition) is 1. The van der Waals surface area contributed by atoms with Crippen molar-refractivity contribution < 1.29 is 4.39 Å². The van der Waals surface area contributed by atoms with Crippen LogP contribution < -0.4 is 5.32 Å². The lowest BCUT2D eigenvalue weighted by molar-refractivity contribution is 0.286. The van der Waals surface area contributed by atoms with Gasteiger partial charge in [0.15, 0.2) is 0 Å². The summed E-state index contributed by atoms with van der Waals surface area (Å²) in [6, 6.07) is 5.08. The molecule has 0 radical (unpaired) electrons. The van der Waals surface area contributed by atoms with Crippen molar-refractivity contribution in [2.45, 2.75) is 51.0 Å². The molecule has 0 bridgehead atoms. The fourth-order valence-corrected chi connectivity index (χ4v) is 3.19. The summed E-state index contributed by atoms with van der Waals surface area (Å²) in [6.45, 7) is 3.13. The van der Waals surface area contributed by atoms with Gasteiger partial charge in [-0.3, -0.25) is 0 Å². The Balaban J connectivity index is 2.38. The number of rotatable bonds is 3. The van der Waals surface area contributed by atoms with Crippen LogP contribution in [0.15, 0.2) is 18.2 Å². The number of halogens is 2. The molecule has 0 saturated carbocycles. The van der Waals surface area contributed by atoms with Crippen molar-refractivity contribution in [1.82, 2.24) is 5.32 Å². The van der Waals surface area contributed by atoms with Crippen LogP contribution in [0.2, 0.25) is 5.02 Å². The summed E-state index contributed by atoms with van der Waals surface area (Å²) in [6.07, 6.45) is 6.61. The monoisotopic (exact) mass is 269 g/mol. The van der Waals surface area contributed by atoms with E-state index in [1.54, 1.807) is 6.07 Å². The third-order valence-electron chi connectivity index (χ3n) is 3.87. The van der Waals surface area contributed by atoms with Crippen molar-refractivity contribution in [3.63, 3.8) is 0 Å². The van der Waals surface area contributed by atoms with Crippen LogP contribution in [0.3, 0.4) is 0 Å². The summed E-state index contributed by atoms with van der Waals surface area (Å²) in [5.41, 5.74) is 0.593. The van der Waals surface area contributed by atoms with E-state index in [2.05, 4.69) is 12.2 Å². The zero-order valence-corrected chi connectivity index (χ0v) is 11.7. The molecular formula is C15H21ClFN. The molecule has 18 heavy (non-hydrogen) atoms. The molecule has 0 amide bonds. The number of nitrogens with one attached hydrogen (secondary N) is 1. The predicted molar refractivity (Wildman–Crippen MR) is 74.5 cm³/mol. The Kier molecular flexibility index (Phi) is 4.63. The predicted octanol–water partition coefficient (Wildman–Crippen LogP) is 4.64. The molecule has 2 rings (SSSR count). The third-order valence-corrected chi connectivity index (χ3v) is 4.10. The Morgan fingerprint density at radius 3 is 2.89 bits per heavy atom. The lowest BCUT2D eigenvalue weighted by Crippen LogP contribution is -2.42. The van der Waals surface area contributed by atoms with Gasteiger partial charge in [-0.2, -0.15) is 0 Å². The molecule has 3 heteroatoms. The van der Waals surface area contributed by atoms with Gasteiger partial charge in [0.25, 0.3) is 0 Å². The van der Waals surface area contributed by atoms with E-state index in [9.17, 15) is 4.39 Å². The maximum absolute atomic E-state index is 14.2. The van der Waals surface area contributed by atoms with E-state index >= 15 is 0 Å². The fourth-order valence-electron chi connectivity index (χ4n) is 3.03. The molecule has 1 heterocycles. The van der Waals surface area contributed by atoms with E-state index < -0.39 is 0 Å². The van der Waals surface area contributed by atoms with Crippen molar-refractivity contribution >= 4 is 11.6 Å². The summed E-state index contributed by atoms with van der Waals surface area (Å²) in [4.78, 5) is 0. The van der Waals surface area contributed by atoms with Gasteiger partial charge in [0.05, 0.1) is 0 Å². The van der Waals surface area contributed by atoms with Gasteiger partial charge in [0, 0.05) is 16.1 Å². The summed E-state index contributed by atoms with van der Waals surface area (Å²) in [7, 11) is 0. The molecule has 1 aliphatic heterocycles. The minimum atomic E-state index is -0.195. The highest BCUT2D eigenvalue weighted by molar-refractivity contribution is 6.30. The summed E-state index contributed by atoms with van der Waals surface area (Å²) < 4.78 is 14.2. The van der Waals surface area contributed by atoms with Crippen molar-refractivity contribution in [3.05, 3.63) is 34.6 Å². The zero-order valence-electron chi connectivity index (χ0n) is 10.9. The second-order valence-corrected chi connectivity index (χ2v) is 5.63. The summed E-state index contributed by atoms with van der Waals surface area (Å²) in [5.74, 6) is -0.176. The Bertz CT molecular complexity index is 397. The number of benzene rings is 1. The standard InChI is InChI=1S/C15H21ClFN/c1-2-8-15(9-4-3-5-10-18-15)13-7-6-12(16)11-14(13)17/h6-7,11,18H,2-5,8-10H2,1H3. The Morgan fingerprint density at radius 1 is 1.33 bits per heavy atom. The van der Waals surface area contributed by atoms with Crippen LogP contribution in [0.5, 0.6) is 0 Å². The quantitative estimate of drug-likeness (QED) is 0.843. The normalized spacial score (nSPS) is 24.8. The lowest BCUT2D eigenvalue weighted by atomic mass is 9.81. The van der Waals surface area contributed by atoms with E-state index in [1.807, 2.05) is 6.07 Å². The van der Waals surface area contributed by atoms with Crippen molar-refractivity contribution in [1.29, 1.82) is 0 Å². The molecule has 1 aromatic carbocycles. The molecule has 0 aliphatic carbocycles. The van der Waals surface area contributed by atoms with E-state index in [-0.39, 0.29) is 11.4 Å². The third kappa shape index (κ3) is 2.86. The van der Waals surface area contributed by atoms with Gasteiger partial charge in [-0.05, 0) is 37.9 Å². The van der Waals surface area contributed by atoms with Gasteiger partial charge in [-0.25, -0.2) is 4.39 Å². The largest absolute Gasteiger partial charge is 0.307 e. The van der Waals surface area contributed by atoms with Gasteiger partial charge in [0.1, 0.15) is 5.82 Å². The van der Waals surface area contributed by atoms with Crippen LogP contribution in [-0.2, 0) is 5.54 Å². The number of hydrogen-bond donors (Lipinski definition) is 1. The topological polar surface area (TPSA) is 12.0 Å². The van der Waals surface area contributed by atoms with Crippen molar-refractivity contribution in [3.8, 4) is 0 Å². The van der Waals surface area contributed by atoms with Gasteiger partial charge in [-0.1, -0.05) is 43.9 Å².